The summed E-state index contributed by atoms with van der Waals surface area (Å²) in [5, 5.41) is 18.3. The Hall–Kier alpha value is -2.26. The number of aromatic amines is 2. The van der Waals surface area contributed by atoms with Gasteiger partial charge in [0.15, 0.2) is 0 Å². The lowest BCUT2D eigenvalue weighted by Gasteiger charge is -2.02. The number of H-pyrrole nitrogens is 2. The highest BCUT2D eigenvalue weighted by Crippen LogP contribution is 2.26. The Morgan fingerprint density at radius 3 is 2.81 bits per heavy atom. The van der Waals surface area contributed by atoms with Gasteiger partial charge in [-0.15, -0.1) is 0 Å². The fourth-order valence-corrected chi connectivity index (χ4v) is 2.92. The first-order valence-electron chi connectivity index (χ1n) is 5.93. The van der Waals surface area contributed by atoms with Gasteiger partial charge in [-0.05, 0) is 5.56 Å². The Balaban J connectivity index is 1.80. The second-order valence-electron chi connectivity index (χ2n) is 4.20. The highest BCUT2D eigenvalue weighted by Gasteiger charge is 2.09. The monoisotopic (exact) mass is 319 g/mol. The van der Waals surface area contributed by atoms with Crippen LogP contribution in [0.15, 0.2) is 35.6 Å². The zero-order chi connectivity index (χ0) is 14.8. The van der Waals surface area contributed by atoms with E-state index in [0.717, 1.165) is 16.1 Å². The molecule has 2 heterocycles. The molecule has 0 spiro atoms. The first-order valence-corrected chi connectivity index (χ1v) is 7.32. The Bertz CT molecular complexity index is 856. The van der Waals surface area contributed by atoms with Crippen LogP contribution in [0.4, 0.5) is 5.69 Å². The van der Waals surface area contributed by atoms with E-state index in [1.807, 2.05) is 0 Å². The van der Waals surface area contributed by atoms with Crippen LogP contribution in [0.3, 0.4) is 0 Å². The van der Waals surface area contributed by atoms with Gasteiger partial charge >= 0.3 is 0 Å². The molecular formula is C12H9N5O2S2. The number of rotatable bonds is 4. The minimum Gasteiger partial charge on any atom is -0.342 e. The number of hydrogen-bond acceptors (Lipinski definition) is 6. The van der Waals surface area contributed by atoms with Gasteiger partial charge in [-0.1, -0.05) is 36.1 Å². The predicted molar refractivity (Wildman–Crippen MR) is 81.7 cm³/mol. The SMILES string of the molecule is O=[N+]([O-])c1ccc(CSc2n[nH]c(=S)c3nc[nH]c23)cc1. The largest absolute Gasteiger partial charge is 0.342 e. The third-order valence-corrected chi connectivity index (χ3v) is 4.18. The van der Waals surface area contributed by atoms with E-state index in [9.17, 15) is 10.1 Å². The third kappa shape index (κ3) is 2.78. The third-order valence-electron chi connectivity index (χ3n) is 2.85. The molecule has 0 radical (unpaired) electrons. The number of aromatic nitrogens is 4. The van der Waals surface area contributed by atoms with Crippen molar-refractivity contribution in [3.05, 3.63) is 50.9 Å². The number of nitro groups is 1. The number of nitrogens with zero attached hydrogens (tertiary/aromatic N) is 3. The summed E-state index contributed by atoms with van der Waals surface area (Å²) in [6.07, 6.45) is 1.58. The van der Waals surface area contributed by atoms with E-state index in [-0.39, 0.29) is 5.69 Å². The van der Waals surface area contributed by atoms with E-state index in [1.165, 1.54) is 23.9 Å². The quantitative estimate of drug-likeness (QED) is 0.331. The summed E-state index contributed by atoms with van der Waals surface area (Å²) in [4.78, 5) is 17.4. The summed E-state index contributed by atoms with van der Waals surface area (Å²) in [6, 6.07) is 6.46. The van der Waals surface area contributed by atoms with E-state index < -0.39 is 4.92 Å². The molecule has 0 atom stereocenters. The molecule has 2 N–H and O–H groups in total. The Morgan fingerprint density at radius 1 is 1.33 bits per heavy atom. The minimum atomic E-state index is -0.413. The summed E-state index contributed by atoms with van der Waals surface area (Å²) < 4.78 is 0.492. The molecule has 21 heavy (non-hydrogen) atoms. The minimum absolute atomic E-state index is 0.0848. The highest BCUT2D eigenvalue weighted by molar-refractivity contribution is 7.98. The first-order chi connectivity index (χ1) is 10.1. The molecule has 0 fully saturated rings. The van der Waals surface area contributed by atoms with Gasteiger partial charge in [0.25, 0.3) is 5.69 Å². The molecule has 0 saturated heterocycles. The van der Waals surface area contributed by atoms with Crippen molar-refractivity contribution in [2.75, 3.05) is 0 Å². The topological polar surface area (TPSA) is 100 Å². The van der Waals surface area contributed by atoms with Crippen LogP contribution in [0.2, 0.25) is 0 Å². The number of benzene rings is 1. The summed E-state index contributed by atoms with van der Waals surface area (Å²) in [7, 11) is 0. The first kappa shape index (κ1) is 13.7. The lowest BCUT2D eigenvalue weighted by atomic mass is 10.2. The Labute approximate surface area is 128 Å². The lowest BCUT2D eigenvalue weighted by Crippen LogP contribution is -1.91. The Kier molecular flexibility index (Phi) is 3.67. The van der Waals surface area contributed by atoms with Crippen LogP contribution in [-0.4, -0.2) is 25.1 Å². The average Bonchev–Trinajstić information content (AvgIpc) is 2.97. The van der Waals surface area contributed by atoms with Gasteiger partial charge in [-0.25, -0.2) is 4.98 Å². The maximum Gasteiger partial charge on any atom is 0.269 e. The van der Waals surface area contributed by atoms with Crippen LogP contribution in [0, 0.1) is 14.8 Å². The van der Waals surface area contributed by atoms with E-state index in [4.69, 9.17) is 12.2 Å². The summed E-state index contributed by atoms with van der Waals surface area (Å²) >= 11 is 6.61. The lowest BCUT2D eigenvalue weighted by molar-refractivity contribution is -0.384. The van der Waals surface area contributed by atoms with Gasteiger partial charge in [0.05, 0.1) is 11.3 Å². The van der Waals surface area contributed by atoms with Crippen molar-refractivity contribution in [2.45, 2.75) is 10.8 Å². The molecule has 0 bridgehead atoms. The predicted octanol–water partition coefficient (Wildman–Crippen LogP) is 3.22. The molecule has 3 rings (SSSR count). The van der Waals surface area contributed by atoms with Gasteiger partial charge < -0.3 is 4.98 Å². The number of non-ortho nitro benzene ring substituents is 1. The number of imidazole rings is 1. The van der Waals surface area contributed by atoms with Gasteiger partial charge in [-0.2, -0.15) is 5.10 Å². The van der Waals surface area contributed by atoms with Crippen LogP contribution < -0.4 is 0 Å². The van der Waals surface area contributed by atoms with Crippen molar-refractivity contribution in [1.82, 2.24) is 20.2 Å². The molecule has 0 aliphatic heterocycles. The van der Waals surface area contributed by atoms with Gasteiger partial charge in [-0.3, -0.25) is 15.2 Å². The molecule has 0 aliphatic carbocycles. The smallest absolute Gasteiger partial charge is 0.269 e. The van der Waals surface area contributed by atoms with Crippen molar-refractivity contribution in [3.8, 4) is 0 Å². The summed E-state index contributed by atoms with van der Waals surface area (Å²) in [6.45, 7) is 0. The fraction of sp³-hybridized carbons (Fsp3) is 0.0833. The molecule has 106 valence electrons. The van der Waals surface area contributed by atoms with E-state index in [0.29, 0.717) is 15.9 Å². The van der Waals surface area contributed by atoms with Crippen LogP contribution >= 0.6 is 24.0 Å². The van der Waals surface area contributed by atoms with Gasteiger partial charge in [0.1, 0.15) is 20.7 Å². The molecule has 3 aromatic rings. The van der Waals surface area contributed by atoms with Crippen LogP contribution in [0.25, 0.3) is 11.0 Å². The van der Waals surface area contributed by atoms with Crippen LogP contribution in [-0.2, 0) is 5.75 Å². The van der Waals surface area contributed by atoms with Gasteiger partial charge in [0.2, 0.25) is 0 Å². The molecule has 9 heteroatoms. The van der Waals surface area contributed by atoms with Crippen molar-refractivity contribution in [2.24, 2.45) is 0 Å². The molecule has 0 aliphatic rings. The van der Waals surface area contributed by atoms with Crippen LogP contribution in [0.1, 0.15) is 5.56 Å². The normalized spacial score (nSPS) is 10.9. The molecular weight excluding hydrogens is 310 g/mol. The highest BCUT2D eigenvalue weighted by atomic mass is 32.2. The number of hydrogen-bond donors (Lipinski definition) is 2. The maximum absolute atomic E-state index is 10.6. The van der Waals surface area contributed by atoms with Crippen LogP contribution in [0.5, 0.6) is 0 Å². The molecule has 0 amide bonds. The average molecular weight is 319 g/mol. The standard InChI is InChI=1S/C12H9N5O2S2/c18-17(19)8-3-1-7(2-4-8)5-21-12-10-9(13-6-14-10)11(20)15-16-12/h1-4,6H,5H2,(H,13,14)(H,15,20). The number of thioether (sulfide) groups is 1. The van der Waals surface area contributed by atoms with E-state index in [1.54, 1.807) is 18.5 Å². The van der Waals surface area contributed by atoms with Crippen molar-refractivity contribution in [3.63, 3.8) is 0 Å². The fourth-order valence-electron chi connectivity index (χ4n) is 1.81. The number of fused-ring (bicyclic) bond motifs is 1. The molecule has 0 unspecified atom stereocenters. The van der Waals surface area contributed by atoms with Crippen molar-refractivity contribution < 1.29 is 4.92 Å². The van der Waals surface area contributed by atoms with Gasteiger partial charge in [0, 0.05) is 17.9 Å². The number of nitrogens with one attached hydrogen (secondary N) is 2. The second-order valence-corrected chi connectivity index (χ2v) is 5.57. The van der Waals surface area contributed by atoms with Crippen molar-refractivity contribution in [1.29, 1.82) is 0 Å². The summed E-state index contributed by atoms with van der Waals surface area (Å²) in [5.41, 5.74) is 2.54. The molecule has 1 aromatic carbocycles. The molecule has 2 aromatic heterocycles. The van der Waals surface area contributed by atoms with E-state index >= 15 is 0 Å². The zero-order valence-corrected chi connectivity index (χ0v) is 12.2. The Morgan fingerprint density at radius 2 is 2.10 bits per heavy atom. The maximum atomic E-state index is 10.6. The van der Waals surface area contributed by atoms with Crippen molar-refractivity contribution >= 4 is 40.7 Å². The number of nitro benzene ring substituents is 1. The zero-order valence-electron chi connectivity index (χ0n) is 10.6. The molecule has 0 saturated carbocycles. The molecule has 7 nitrogen and oxygen atoms in total. The second kappa shape index (κ2) is 5.62. The van der Waals surface area contributed by atoms with E-state index in [2.05, 4.69) is 20.2 Å². The summed E-state index contributed by atoms with van der Waals surface area (Å²) in [5.74, 6) is 0.643.